The zero-order chi connectivity index (χ0) is 21.5. The standard InChI is InChI=1S/C23H27F3N4/c1-16-12-22-19(6-7-30(22)20-5-4-17(2)27-14-20)13-21(16)18(3)29-10-8-28(9-11-29)15-23(24,25)26/h4-7,12-14,18H,8-11,15H2,1-3H3. The van der Waals surface area contributed by atoms with E-state index in [-0.39, 0.29) is 6.04 Å². The molecule has 2 aromatic heterocycles. The van der Waals surface area contributed by atoms with Gasteiger partial charge in [0.25, 0.3) is 0 Å². The van der Waals surface area contributed by atoms with Crippen LogP contribution in [0, 0.1) is 13.8 Å². The van der Waals surface area contributed by atoms with Crippen molar-refractivity contribution in [1.82, 2.24) is 19.4 Å². The summed E-state index contributed by atoms with van der Waals surface area (Å²) >= 11 is 0. The number of nitrogens with zero attached hydrogens (tertiary/aromatic N) is 4. The molecule has 1 fully saturated rings. The van der Waals surface area contributed by atoms with Crippen molar-refractivity contribution in [2.24, 2.45) is 0 Å². The fraction of sp³-hybridized carbons (Fsp3) is 0.435. The lowest BCUT2D eigenvalue weighted by Crippen LogP contribution is -2.49. The Morgan fingerprint density at radius 1 is 1.03 bits per heavy atom. The van der Waals surface area contributed by atoms with Crippen LogP contribution in [0.15, 0.2) is 42.7 Å². The SMILES string of the molecule is Cc1ccc(-n2ccc3cc(C(C)N4CCN(CC(F)(F)F)CC4)c(C)cc32)cn1. The van der Waals surface area contributed by atoms with Gasteiger partial charge in [0, 0.05) is 49.5 Å². The molecule has 0 bridgehead atoms. The highest BCUT2D eigenvalue weighted by atomic mass is 19.4. The number of aromatic nitrogens is 2. The molecular weight excluding hydrogens is 389 g/mol. The number of alkyl halides is 3. The van der Waals surface area contributed by atoms with E-state index in [1.807, 2.05) is 19.2 Å². The van der Waals surface area contributed by atoms with E-state index in [0.717, 1.165) is 22.3 Å². The maximum Gasteiger partial charge on any atom is 0.401 e. The highest BCUT2D eigenvalue weighted by Gasteiger charge is 2.33. The van der Waals surface area contributed by atoms with Gasteiger partial charge in [-0.15, -0.1) is 0 Å². The molecule has 4 rings (SSSR count). The summed E-state index contributed by atoms with van der Waals surface area (Å²) in [6.45, 7) is 7.59. The Hall–Kier alpha value is -2.38. The van der Waals surface area contributed by atoms with Crippen LogP contribution in [0.5, 0.6) is 0 Å². The molecule has 0 N–H and O–H groups in total. The van der Waals surface area contributed by atoms with Crippen LogP contribution in [0.3, 0.4) is 0 Å². The normalized spacial score (nSPS) is 17.5. The van der Waals surface area contributed by atoms with Gasteiger partial charge < -0.3 is 4.57 Å². The number of hydrogen-bond acceptors (Lipinski definition) is 3. The summed E-state index contributed by atoms with van der Waals surface area (Å²) < 4.78 is 40.1. The van der Waals surface area contributed by atoms with Crippen LogP contribution in [0.1, 0.15) is 29.8 Å². The Balaban J connectivity index is 1.53. The number of hydrogen-bond donors (Lipinski definition) is 0. The Labute approximate surface area is 174 Å². The van der Waals surface area contributed by atoms with E-state index >= 15 is 0 Å². The number of fused-ring (bicyclic) bond motifs is 1. The molecular formula is C23H27F3N4. The van der Waals surface area contributed by atoms with Crippen LogP contribution in [0.2, 0.25) is 0 Å². The van der Waals surface area contributed by atoms with E-state index < -0.39 is 12.7 Å². The molecule has 0 aliphatic carbocycles. The van der Waals surface area contributed by atoms with Crippen molar-refractivity contribution in [3.8, 4) is 5.69 Å². The monoisotopic (exact) mass is 416 g/mol. The van der Waals surface area contributed by atoms with Crippen molar-refractivity contribution in [3.63, 3.8) is 0 Å². The average Bonchev–Trinajstić information content (AvgIpc) is 3.09. The number of pyridine rings is 1. The molecule has 1 unspecified atom stereocenters. The molecule has 0 saturated carbocycles. The van der Waals surface area contributed by atoms with Crippen LogP contribution in [0.4, 0.5) is 13.2 Å². The van der Waals surface area contributed by atoms with Crippen LogP contribution >= 0.6 is 0 Å². The Morgan fingerprint density at radius 2 is 1.77 bits per heavy atom. The predicted molar refractivity (Wildman–Crippen MR) is 113 cm³/mol. The van der Waals surface area contributed by atoms with Crippen molar-refractivity contribution in [2.45, 2.75) is 33.0 Å². The molecule has 1 aromatic carbocycles. The van der Waals surface area contributed by atoms with Gasteiger partial charge in [-0.2, -0.15) is 13.2 Å². The maximum absolute atomic E-state index is 12.6. The molecule has 1 aliphatic heterocycles. The first kappa shape index (κ1) is 20.9. The van der Waals surface area contributed by atoms with Gasteiger partial charge in [0.05, 0.1) is 23.9 Å². The summed E-state index contributed by atoms with van der Waals surface area (Å²) in [6.07, 6.45) is -0.197. The van der Waals surface area contributed by atoms with E-state index in [1.54, 1.807) is 0 Å². The minimum absolute atomic E-state index is 0.159. The van der Waals surface area contributed by atoms with E-state index in [0.29, 0.717) is 26.2 Å². The summed E-state index contributed by atoms with van der Waals surface area (Å²) in [5.41, 5.74) is 5.55. The Kier molecular flexibility index (Phi) is 5.59. The summed E-state index contributed by atoms with van der Waals surface area (Å²) in [5, 5.41) is 1.15. The van der Waals surface area contributed by atoms with E-state index in [4.69, 9.17) is 0 Å². The van der Waals surface area contributed by atoms with Crippen LogP contribution < -0.4 is 0 Å². The highest BCUT2D eigenvalue weighted by molar-refractivity contribution is 5.83. The molecule has 1 saturated heterocycles. The van der Waals surface area contributed by atoms with Crippen molar-refractivity contribution in [3.05, 3.63) is 59.5 Å². The smallest absolute Gasteiger partial charge is 0.315 e. The fourth-order valence-corrected chi connectivity index (χ4v) is 4.34. The molecule has 1 aliphatic rings. The molecule has 30 heavy (non-hydrogen) atoms. The lowest BCUT2D eigenvalue weighted by atomic mass is 9.98. The second-order valence-corrected chi connectivity index (χ2v) is 8.21. The molecule has 1 atom stereocenters. The van der Waals surface area contributed by atoms with Crippen molar-refractivity contribution in [1.29, 1.82) is 0 Å². The van der Waals surface area contributed by atoms with Crippen molar-refractivity contribution in [2.75, 3.05) is 32.7 Å². The molecule has 0 radical (unpaired) electrons. The van der Waals surface area contributed by atoms with Gasteiger partial charge in [0.1, 0.15) is 0 Å². The minimum atomic E-state index is -4.13. The van der Waals surface area contributed by atoms with E-state index in [2.05, 4.69) is 58.8 Å². The number of rotatable bonds is 4. The molecule has 160 valence electrons. The molecule has 0 spiro atoms. The van der Waals surface area contributed by atoms with E-state index in [9.17, 15) is 13.2 Å². The van der Waals surface area contributed by atoms with E-state index in [1.165, 1.54) is 16.0 Å². The number of piperazine rings is 1. The Bertz CT molecular complexity index is 1020. The number of aryl methyl sites for hydroxylation is 2. The van der Waals surface area contributed by atoms with Gasteiger partial charge in [-0.1, -0.05) is 0 Å². The summed E-state index contributed by atoms with van der Waals surface area (Å²) in [4.78, 5) is 8.17. The molecule has 3 heterocycles. The van der Waals surface area contributed by atoms with Crippen LogP contribution in [0.25, 0.3) is 16.6 Å². The Morgan fingerprint density at radius 3 is 2.40 bits per heavy atom. The van der Waals surface area contributed by atoms with Gasteiger partial charge in [-0.3, -0.25) is 14.8 Å². The molecule has 7 heteroatoms. The largest absolute Gasteiger partial charge is 0.401 e. The zero-order valence-corrected chi connectivity index (χ0v) is 17.6. The quantitative estimate of drug-likeness (QED) is 0.606. The minimum Gasteiger partial charge on any atom is -0.315 e. The summed E-state index contributed by atoms with van der Waals surface area (Å²) in [6, 6.07) is 10.7. The highest BCUT2D eigenvalue weighted by Crippen LogP contribution is 2.30. The second-order valence-electron chi connectivity index (χ2n) is 8.21. The van der Waals surface area contributed by atoms with Gasteiger partial charge in [-0.25, -0.2) is 0 Å². The number of benzene rings is 1. The van der Waals surface area contributed by atoms with Crippen LogP contribution in [-0.2, 0) is 0 Å². The van der Waals surface area contributed by atoms with Gasteiger partial charge in [0.2, 0.25) is 0 Å². The summed E-state index contributed by atoms with van der Waals surface area (Å²) in [7, 11) is 0. The number of halogens is 3. The lowest BCUT2D eigenvalue weighted by molar-refractivity contribution is -0.149. The van der Waals surface area contributed by atoms with Gasteiger partial charge in [0.15, 0.2) is 0 Å². The molecule has 0 amide bonds. The zero-order valence-electron chi connectivity index (χ0n) is 17.6. The first-order valence-electron chi connectivity index (χ1n) is 10.3. The summed E-state index contributed by atoms with van der Waals surface area (Å²) in [5.74, 6) is 0. The van der Waals surface area contributed by atoms with Gasteiger partial charge in [-0.05, 0) is 62.2 Å². The van der Waals surface area contributed by atoms with Crippen molar-refractivity contribution < 1.29 is 13.2 Å². The average molecular weight is 416 g/mol. The third-order valence-corrected chi connectivity index (χ3v) is 6.06. The van der Waals surface area contributed by atoms with Crippen LogP contribution in [-0.4, -0.2) is 58.3 Å². The third kappa shape index (κ3) is 4.37. The first-order chi connectivity index (χ1) is 14.2. The molecule has 4 nitrogen and oxygen atoms in total. The topological polar surface area (TPSA) is 24.3 Å². The third-order valence-electron chi connectivity index (χ3n) is 6.06. The first-order valence-corrected chi connectivity index (χ1v) is 10.3. The predicted octanol–water partition coefficient (Wildman–Crippen LogP) is 4.88. The fourth-order valence-electron chi connectivity index (χ4n) is 4.34. The van der Waals surface area contributed by atoms with Crippen molar-refractivity contribution >= 4 is 10.9 Å². The lowest BCUT2D eigenvalue weighted by Gasteiger charge is -2.38. The maximum atomic E-state index is 12.6. The van der Waals surface area contributed by atoms with Gasteiger partial charge >= 0.3 is 6.18 Å². The molecule has 3 aromatic rings. The second kappa shape index (κ2) is 8.04.